The van der Waals surface area contributed by atoms with Gasteiger partial charge in [-0.15, -0.1) is 0 Å². The van der Waals surface area contributed by atoms with E-state index in [2.05, 4.69) is 5.32 Å². The van der Waals surface area contributed by atoms with E-state index in [0.29, 0.717) is 13.0 Å². The third-order valence-electron chi connectivity index (χ3n) is 2.32. The number of carbonyl (C=O) groups excluding carboxylic acids is 1. The highest BCUT2D eigenvalue weighted by Gasteiger charge is 2.03. The Balaban J connectivity index is 2.35. The quantitative estimate of drug-likeness (QED) is 0.724. The predicted molar refractivity (Wildman–Crippen MR) is 65.9 cm³/mol. The lowest BCUT2D eigenvalue weighted by molar-refractivity contribution is -0.121. The molecule has 1 amide bonds. The van der Waals surface area contributed by atoms with Gasteiger partial charge in [0, 0.05) is 25.2 Å². The van der Waals surface area contributed by atoms with Crippen molar-refractivity contribution in [3.05, 3.63) is 29.8 Å². The molecule has 0 aliphatic heterocycles. The van der Waals surface area contributed by atoms with E-state index in [-0.39, 0.29) is 5.91 Å². The van der Waals surface area contributed by atoms with Gasteiger partial charge in [-0.25, -0.2) is 0 Å². The molecule has 0 fully saturated rings. The number of rotatable bonds is 5. The lowest BCUT2D eigenvalue weighted by Crippen LogP contribution is -2.27. The third-order valence-corrected chi connectivity index (χ3v) is 2.32. The largest absolute Gasteiger partial charge is 0.398 e. The van der Waals surface area contributed by atoms with Crippen LogP contribution in [0.4, 0.5) is 5.69 Å². The van der Waals surface area contributed by atoms with Gasteiger partial charge in [0.25, 0.3) is 0 Å². The van der Waals surface area contributed by atoms with Crippen molar-refractivity contribution in [1.82, 2.24) is 10.2 Å². The van der Waals surface area contributed by atoms with Crippen LogP contribution < -0.4 is 11.1 Å². The Kier molecular flexibility index (Phi) is 4.79. The topological polar surface area (TPSA) is 58.4 Å². The molecule has 0 aliphatic rings. The van der Waals surface area contributed by atoms with Crippen molar-refractivity contribution in [3.63, 3.8) is 0 Å². The first-order valence-corrected chi connectivity index (χ1v) is 5.34. The molecular weight excluding hydrogens is 202 g/mol. The molecule has 0 spiro atoms. The minimum Gasteiger partial charge on any atom is -0.398 e. The second-order valence-corrected chi connectivity index (χ2v) is 4.03. The Morgan fingerprint density at radius 3 is 2.69 bits per heavy atom. The summed E-state index contributed by atoms with van der Waals surface area (Å²) >= 11 is 0. The fourth-order valence-electron chi connectivity index (χ4n) is 1.30. The molecule has 1 rings (SSSR count). The van der Waals surface area contributed by atoms with E-state index >= 15 is 0 Å². The standard InChI is InChI=1S/C12H19N3O/c1-15(2)8-7-12(16)14-9-10-5-3-4-6-11(10)13/h3-6H,7-9,13H2,1-2H3,(H,14,16). The van der Waals surface area contributed by atoms with Gasteiger partial charge in [0.1, 0.15) is 0 Å². The van der Waals surface area contributed by atoms with Crippen LogP contribution in [0.25, 0.3) is 0 Å². The Hall–Kier alpha value is -1.55. The zero-order valence-electron chi connectivity index (χ0n) is 9.86. The summed E-state index contributed by atoms with van der Waals surface area (Å²) in [7, 11) is 3.89. The van der Waals surface area contributed by atoms with Crippen molar-refractivity contribution in [2.24, 2.45) is 0 Å². The smallest absolute Gasteiger partial charge is 0.221 e. The fraction of sp³-hybridized carbons (Fsp3) is 0.417. The maximum atomic E-state index is 11.5. The predicted octanol–water partition coefficient (Wildman–Crippen LogP) is 0.837. The molecular formula is C12H19N3O. The minimum atomic E-state index is 0.0527. The van der Waals surface area contributed by atoms with Gasteiger partial charge in [-0.05, 0) is 25.7 Å². The maximum absolute atomic E-state index is 11.5. The number of nitrogens with one attached hydrogen (secondary N) is 1. The van der Waals surface area contributed by atoms with Crippen molar-refractivity contribution < 1.29 is 4.79 Å². The first-order chi connectivity index (χ1) is 7.59. The third kappa shape index (κ3) is 4.31. The van der Waals surface area contributed by atoms with Crippen molar-refractivity contribution in [2.45, 2.75) is 13.0 Å². The van der Waals surface area contributed by atoms with Crippen LogP contribution in [0.1, 0.15) is 12.0 Å². The number of anilines is 1. The SMILES string of the molecule is CN(C)CCC(=O)NCc1ccccc1N. The van der Waals surface area contributed by atoms with Gasteiger partial charge in [0.2, 0.25) is 5.91 Å². The molecule has 1 aromatic carbocycles. The molecule has 0 atom stereocenters. The van der Waals surface area contributed by atoms with Crippen molar-refractivity contribution in [1.29, 1.82) is 0 Å². The first-order valence-electron chi connectivity index (χ1n) is 5.34. The van der Waals surface area contributed by atoms with Crippen molar-refractivity contribution in [3.8, 4) is 0 Å². The molecule has 4 heteroatoms. The first kappa shape index (κ1) is 12.5. The van der Waals surface area contributed by atoms with Gasteiger partial charge >= 0.3 is 0 Å². The molecule has 0 aliphatic carbocycles. The van der Waals surface area contributed by atoms with Crippen LogP contribution in [-0.4, -0.2) is 31.4 Å². The Morgan fingerprint density at radius 1 is 1.38 bits per heavy atom. The molecule has 88 valence electrons. The molecule has 0 saturated carbocycles. The number of amides is 1. The number of nitrogens with two attached hydrogens (primary N) is 1. The normalized spacial score (nSPS) is 10.4. The number of para-hydroxylation sites is 1. The highest BCUT2D eigenvalue weighted by Crippen LogP contribution is 2.09. The fourth-order valence-corrected chi connectivity index (χ4v) is 1.30. The van der Waals surface area contributed by atoms with Gasteiger partial charge < -0.3 is 16.0 Å². The van der Waals surface area contributed by atoms with Gasteiger partial charge in [0.05, 0.1) is 0 Å². The Morgan fingerprint density at radius 2 is 2.06 bits per heavy atom. The van der Waals surface area contributed by atoms with E-state index in [0.717, 1.165) is 17.8 Å². The Labute approximate surface area is 96.4 Å². The summed E-state index contributed by atoms with van der Waals surface area (Å²) in [5, 5.41) is 2.85. The number of carbonyl (C=O) groups is 1. The number of benzene rings is 1. The zero-order chi connectivity index (χ0) is 12.0. The number of hydrogen-bond donors (Lipinski definition) is 2. The summed E-state index contributed by atoms with van der Waals surface area (Å²) in [6, 6.07) is 7.55. The average Bonchev–Trinajstić information content (AvgIpc) is 2.25. The molecule has 3 N–H and O–H groups in total. The van der Waals surface area contributed by atoms with Gasteiger partial charge in [-0.2, -0.15) is 0 Å². The van der Waals surface area contributed by atoms with Crippen molar-refractivity contribution in [2.75, 3.05) is 26.4 Å². The van der Waals surface area contributed by atoms with Crippen LogP contribution in [0.5, 0.6) is 0 Å². The Bertz CT molecular complexity index is 350. The monoisotopic (exact) mass is 221 g/mol. The van der Waals surface area contributed by atoms with Gasteiger partial charge in [-0.3, -0.25) is 4.79 Å². The second-order valence-electron chi connectivity index (χ2n) is 4.03. The summed E-state index contributed by atoms with van der Waals surface area (Å²) in [5.41, 5.74) is 7.45. The van der Waals surface area contributed by atoms with Crippen LogP contribution in [-0.2, 0) is 11.3 Å². The summed E-state index contributed by atoms with van der Waals surface area (Å²) in [6.45, 7) is 1.26. The highest BCUT2D eigenvalue weighted by atomic mass is 16.1. The summed E-state index contributed by atoms with van der Waals surface area (Å²) in [6.07, 6.45) is 0.514. The molecule has 0 heterocycles. The number of nitrogen functional groups attached to an aromatic ring is 1. The highest BCUT2D eigenvalue weighted by molar-refractivity contribution is 5.76. The van der Waals surface area contributed by atoms with E-state index in [1.54, 1.807) is 0 Å². The number of hydrogen-bond acceptors (Lipinski definition) is 3. The van der Waals surface area contributed by atoms with Gasteiger partial charge in [-0.1, -0.05) is 18.2 Å². The molecule has 0 saturated heterocycles. The molecule has 0 aromatic heterocycles. The van der Waals surface area contributed by atoms with Crippen molar-refractivity contribution >= 4 is 11.6 Å². The van der Waals surface area contributed by atoms with Gasteiger partial charge in [0.15, 0.2) is 0 Å². The van der Waals surface area contributed by atoms with Crippen LogP contribution in [0.2, 0.25) is 0 Å². The van der Waals surface area contributed by atoms with E-state index in [1.165, 1.54) is 0 Å². The molecule has 16 heavy (non-hydrogen) atoms. The summed E-state index contributed by atoms with van der Waals surface area (Å²) in [5.74, 6) is 0.0527. The molecule has 0 bridgehead atoms. The van der Waals surface area contributed by atoms with E-state index in [4.69, 9.17) is 5.73 Å². The lowest BCUT2D eigenvalue weighted by atomic mass is 10.2. The van der Waals surface area contributed by atoms with Crippen LogP contribution >= 0.6 is 0 Å². The van der Waals surface area contributed by atoms with Crippen LogP contribution in [0, 0.1) is 0 Å². The summed E-state index contributed by atoms with van der Waals surface area (Å²) in [4.78, 5) is 13.4. The van der Waals surface area contributed by atoms with E-state index in [9.17, 15) is 4.79 Å². The minimum absolute atomic E-state index is 0.0527. The lowest BCUT2D eigenvalue weighted by Gasteiger charge is -2.10. The van der Waals surface area contributed by atoms with Crippen LogP contribution in [0.3, 0.4) is 0 Å². The molecule has 1 aromatic rings. The molecule has 0 unspecified atom stereocenters. The second kappa shape index (κ2) is 6.12. The molecule has 0 radical (unpaired) electrons. The molecule has 4 nitrogen and oxygen atoms in total. The summed E-state index contributed by atoms with van der Waals surface area (Å²) < 4.78 is 0. The van der Waals surface area contributed by atoms with E-state index < -0.39 is 0 Å². The maximum Gasteiger partial charge on any atom is 0.221 e. The zero-order valence-corrected chi connectivity index (χ0v) is 9.86. The van der Waals surface area contributed by atoms with Crippen LogP contribution in [0.15, 0.2) is 24.3 Å². The number of nitrogens with zero attached hydrogens (tertiary/aromatic N) is 1. The van der Waals surface area contributed by atoms with E-state index in [1.807, 2.05) is 43.3 Å². The average molecular weight is 221 g/mol.